The Morgan fingerprint density at radius 2 is 1.69 bits per heavy atom. The van der Waals surface area contributed by atoms with Crippen molar-refractivity contribution in [2.75, 3.05) is 28.2 Å². The van der Waals surface area contributed by atoms with Crippen molar-refractivity contribution in [1.82, 2.24) is 9.97 Å². The molecule has 2 amide bonds. The molecule has 0 spiro atoms. The Morgan fingerprint density at radius 3 is 2.34 bits per heavy atom. The molecule has 0 bridgehead atoms. The van der Waals surface area contributed by atoms with Crippen LogP contribution in [0.15, 0.2) is 48.8 Å². The van der Waals surface area contributed by atoms with Crippen LogP contribution >= 0.6 is 0 Å². The minimum Gasteiger partial charge on any atom is -0.399 e. The highest BCUT2D eigenvalue weighted by Crippen LogP contribution is 2.29. The van der Waals surface area contributed by atoms with Crippen molar-refractivity contribution in [3.8, 4) is 0 Å². The molecule has 182 valence electrons. The largest absolute Gasteiger partial charge is 0.399 e. The van der Waals surface area contributed by atoms with Gasteiger partial charge in [-0.2, -0.15) is 0 Å². The Kier molecular flexibility index (Phi) is 6.73. The summed E-state index contributed by atoms with van der Waals surface area (Å²) in [5.41, 5.74) is 9.73. The van der Waals surface area contributed by atoms with Gasteiger partial charge in [0, 0.05) is 17.8 Å². The minimum atomic E-state index is -0.328. The van der Waals surface area contributed by atoms with Crippen molar-refractivity contribution in [3.63, 3.8) is 0 Å². The molecule has 1 fully saturated rings. The van der Waals surface area contributed by atoms with Gasteiger partial charge in [-0.15, -0.1) is 0 Å². The molecule has 8 nitrogen and oxygen atoms in total. The molecule has 0 unspecified atom stereocenters. The van der Waals surface area contributed by atoms with Crippen LogP contribution in [-0.2, 0) is 5.41 Å². The van der Waals surface area contributed by atoms with E-state index in [1.54, 1.807) is 31.3 Å². The quantitative estimate of drug-likeness (QED) is 0.359. The normalized spacial score (nSPS) is 13.3. The van der Waals surface area contributed by atoms with Gasteiger partial charge in [0.1, 0.15) is 5.82 Å². The lowest BCUT2D eigenvalue weighted by atomic mass is 9.86. The summed E-state index contributed by atoms with van der Waals surface area (Å²) in [5, 5.41) is 8.98. The number of hydrogen-bond donors (Lipinski definition) is 4. The summed E-state index contributed by atoms with van der Waals surface area (Å²) in [4.78, 5) is 34.5. The minimum absolute atomic E-state index is 0.151. The number of nitrogens with zero attached hydrogens (tertiary/aromatic N) is 2. The second kappa shape index (κ2) is 9.74. The predicted molar refractivity (Wildman–Crippen MR) is 140 cm³/mol. The fraction of sp³-hybridized carbons (Fsp3) is 0.333. The van der Waals surface area contributed by atoms with E-state index < -0.39 is 0 Å². The number of carbonyl (C=O) groups is 2. The number of aromatic nitrogens is 2. The molecule has 1 aliphatic rings. The van der Waals surface area contributed by atoms with Crippen molar-refractivity contribution in [1.29, 1.82) is 0 Å². The van der Waals surface area contributed by atoms with Crippen molar-refractivity contribution < 1.29 is 9.59 Å². The van der Waals surface area contributed by atoms with E-state index in [0.717, 1.165) is 23.8 Å². The lowest BCUT2D eigenvalue weighted by Crippen LogP contribution is -2.18. The molecule has 0 radical (unpaired) electrons. The number of aryl methyl sites for hydroxylation is 1. The van der Waals surface area contributed by atoms with Gasteiger partial charge in [0.2, 0.25) is 0 Å². The standard InChI is InChI=1S/C27H32N6O2/c1-16-23(26(35)32-21-7-8-24(31-14-21)30-13-17-5-6-17)12-22(15-29-16)33-25(34)18-9-19(27(2,3)4)11-20(28)10-18/h7-12,14-15,17H,5-6,13,28H2,1-4H3,(H,30,31)(H,32,35)(H,33,34). The molecule has 8 heteroatoms. The second-order valence-electron chi connectivity index (χ2n) is 10.1. The highest BCUT2D eigenvalue weighted by molar-refractivity contribution is 6.08. The third-order valence-corrected chi connectivity index (χ3v) is 5.96. The molecule has 0 aliphatic heterocycles. The Hall–Kier alpha value is -3.94. The molecule has 0 atom stereocenters. The number of anilines is 4. The first-order chi connectivity index (χ1) is 16.6. The maximum atomic E-state index is 12.9. The average Bonchev–Trinajstić information content (AvgIpc) is 3.63. The zero-order valence-electron chi connectivity index (χ0n) is 20.6. The molecule has 2 aromatic heterocycles. The average molecular weight is 473 g/mol. The number of amides is 2. The number of nitrogens with two attached hydrogens (primary N) is 1. The fourth-order valence-corrected chi connectivity index (χ4v) is 3.59. The van der Waals surface area contributed by atoms with Gasteiger partial charge < -0.3 is 21.7 Å². The smallest absolute Gasteiger partial charge is 0.257 e. The SMILES string of the molecule is Cc1ncc(NC(=O)c2cc(N)cc(C(C)(C)C)c2)cc1C(=O)Nc1ccc(NCC2CC2)nc1. The monoisotopic (exact) mass is 472 g/mol. The summed E-state index contributed by atoms with van der Waals surface area (Å²) in [5.74, 6) is 0.886. The van der Waals surface area contributed by atoms with E-state index in [1.807, 2.05) is 18.2 Å². The van der Waals surface area contributed by atoms with E-state index in [2.05, 4.69) is 46.7 Å². The summed E-state index contributed by atoms with van der Waals surface area (Å²) < 4.78 is 0. The Labute approximate surface area is 205 Å². The number of benzene rings is 1. The highest BCUT2D eigenvalue weighted by atomic mass is 16.2. The second-order valence-corrected chi connectivity index (χ2v) is 10.1. The molecular weight excluding hydrogens is 440 g/mol. The lowest BCUT2D eigenvalue weighted by Gasteiger charge is -2.20. The van der Waals surface area contributed by atoms with Gasteiger partial charge in [0.05, 0.1) is 35.0 Å². The highest BCUT2D eigenvalue weighted by Gasteiger charge is 2.21. The van der Waals surface area contributed by atoms with Crippen LogP contribution in [0.25, 0.3) is 0 Å². The van der Waals surface area contributed by atoms with Crippen LogP contribution < -0.4 is 21.7 Å². The maximum absolute atomic E-state index is 12.9. The maximum Gasteiger partial charge on any atom is 0.257 e. The van der Waals surface area contributed by atoms with Gasteiger partial charge in [-0.05, 0) is 73.1 Å². The predicted octanol–water partition coefficient (Wildman–Crippen LogP) is 4.99. The third kappa shape index (κ3) is 6.35. The Morgan fingerprint density at radius 1 is 0.971 bits per heavy atom. The number of carbonyl (C=O) groups excluding carboxylic acids is 2. The van der Waals surface area contributed by atoms with Gasteiger partial charge in [0.25, 0.3) is 11.8 Å². The molecule has 1 saturated carbocycles. The zero-order chi connectivity index (χ0) is 25.2. The number of nitrogens with one attached hydrogen (secondary N) is 3. The Bertz CT molecular complexity index is 1240. The van der Waals surface area contributed by atoms with Crippen molar-refractivity contribution >= 4 is 34.7 Å². The van der Waals surface area contributed by atoms with E-state index >= 15 is 0 Å². The molecule has 1 aliphatic carbocycles. The van der Waals surface area contributed by atoms with Crippen LogP contribution in [-0.4, -0.2) is 28.3 Å². The zero-order valence-corrected chi connectivity index (χ0v) is 20.6. The Balaban J connectivity index is 1.45. The topological polar surface area (TPSA) is 122 Å². The van der Waals surface area contributed by atoms with Gasteiger partial charge in [-0.1, -0.05) is 20.8 Å². The lowest BCUT2D eigenvalue weighted by molar-refractivity contribution is 0.101. The van der Waals surface area contributed by atoms with E-state index in [1.165, 1.54) is 19.0 Å². The fourth-order valence-electron chi connectivity index (χ4n) is 3.59. The van der Waals surface area contributed by atoms with Crippen LogP contribution in [0.1, 0.15) is 65.6 Å². The van der Waals surface area contributed by atoms with Gasteiger partial charge in [0.15, 0.2) is 0 Å². The molecule has 1 aromatic carbocycles. The molecule has 35 heavy (non-hydrogen) atoms. The van der Waals surface area contributed by atoms with E-state index in [9.17, 15) is 9.59 Å². The first kappa shape index (κ1) is 24.2. The molecule has 4 rings (SSSR count). The molecule has 2 heterocycles. The number of hydrogen-bond acceptors (Lipinski definition) is 6. The number of pyridine rings is 2. The summed E-state index contributed by atoms with van der Waals surface area (Å²) >= 11 is 0. The first-order valence-electron chi connectivity index (χ1n) is 11.8. The summed E-state index contributed by atoms with van der Waals surface area (Å²) in [6, 6.07) is 10.6. The summed E-state index contributed by atoms with van der Waals surface area (Å²) in [6.45, 7) is 8.86. The molecular formula is C27H32N6O2. The van der Waals surface area contributed by atoms with E-state index in [-0.39, 0.29) is 17.2 Å². The van der Waals surface area contributed by atoms with Crippen LogP contribution in [0.4, 0.5) is 22.9 Å². The molecule has 0 saturated heterocycles. The van der Waals surface area contributed by atoms with Crippen molar-refractivity contribution in [2.45, 2.75) is 46.0 Å². The van der Waals surface area contributed by atoms with Crippen LogP contribution in [0, 0.1) is 12.8 Å². The van der Waals surface area contributed by atoms with Crippen LogP contribution in [0.3, 0.4) is 0 Å². The van der Waals surface area contributed by atoms with Crippen molar-refractivity contribution in [2.24, 2.45) is 5.92 Å². The van der Waals surface area contributed by atoms with E-state index in [0.29, 0.717) is 33.9 Å². The van der Waals surface area contributed by atoms with Gasteiger partial charge in [-0.3, -0.25) is 14.6 Å². The third-order valence-electron chi connectivity index (χ3n) is 5.96. The van der Waals surface area contributed by atoms with Crippen LogP contribution in [0.2, 0.25) is 0 Å². The summed E-state index contributed by atoms with van der Waals surface area (Å²) in [7, 11) is 0. The molecule has 3 aromatic rings. The molecule has 5 N–H and O–H groups in total. The number of nitrogen functional groups attached to an aromatic ring is 1. The first-order valence-corrected chi connectivity index (χ1v) is 11.8. The summed E-state index contributed by atoms with van der Waals surface area (Å²) in [6.07, 6.45) is 5.69. The van der Waals surface area contributed by atoms with Gasteiger partial charge >= 0.3 is 0 Å². The van der Waals surface area contributed by atoms with Crippen LogP contribution in [0.5, 0.6) is 0 Å². The number of rotatable bonds is 7. The van der Waals surface area contributed by atoms with E-state index in [4.69, 9.17) is 5.73 Å². The van der Waals surface area contributed by atoms with Crippen molar-refractivity contribution in [3.05, 3.63) is 71.2 Å². The van der Waals surface area contributed by atoms with Gasteiger partial charge in [-0.25, -0.2) is 4.98 Å².